The smallest absolute Gasteiger partial charge is 0.343 e. The number of benzene rings is 3. The molecule has 14 nitrogen and oxygen atoms in total. The zero-order valence-corrected chi connectivity index (χ0v) is 28.6. The van der Waals surface area contributed by atoms with Gasteiger partial charge in [0, 0.05) is 19.1 Å². The molecular weight excluding hydrogens is 692 g/mol. The van der Waals surface area contributed by atoms with Crippen LogP contribution in [-0.4, -0.2) is 86.7 Å². The number of fused-ring (bicyclic) bond motifs is 1. The minimum atomic E-state index is -0.743. The molecule has 3 aromatic carbocycles. The largest absolute Gasteiger partial charge is 0.463 e. The Kier molecular flexibility index (Phi) is 13.2. The zero-order valence-electron chi connectivity index (χ0n) is 28.6. The van der Waals surface area contributed by atoms with Gasteiger partial charge in [0.05, 0.1) is 43.1 Å². The van der Waals surface area contributed by atoms with Gasteiger partial charge in [-0.25, -0.2) is 24.0 Å². The van der Waals surface area contributed by atoms with Crippen molar-refractivity contribution in [3.05, 3.63) is 114 Å². The maximum absolute atomic E-state index is 12.9. The van der Waals surface area contributed by atoms with Crippen LogP contribution in [-0.2, 0) is 42.8 Å². The number of hydrogen-bond acceptors (Lipinski definition) is 14. The number of hydrogen-bond donors (Lipinski definition) is 0. The zero-order chi connectivity index (χ0) is 37.7. The summed E-state index contributed by atoms with van der Waals surface area (Å²) < 4.78 is 43.2. The second kappa shape index (κ2) is 18.4. The van der Waals surface area contributed by atoms with E-state index in [9.17, 15) is 28.8 Å². The summed E-state index contributed by atoms with van der Waals surface area (Å²) in [5, 5.41) is 0. The molecule has 0 amide bonds. The van der Waals surface area contributed by atoms with E-state index >= 15 is 0 Å². The van der Waals surface area contributed by atoms with Crippen molar-refractivity contribution < 1.29 is 66.7 Å². The molecule has 2 aliphatic rings. The Balaban J connectivity index is 1.03. The normalized spacial score (nSPS) is 18.7. The Labute approximate surface area is 304 Å². The van der Waals surface area contributed by atoms with E-state index in [1.807, 2.05) is 0 Å². The Bertz CT molecular complexity index is 1830. The molecule has 0 saturated carbocycles. The highest BCUT2D eigenvalue weighted by atomic mass is 16.7. The number of esters is 6. The molecule has 2 heterocycles. The molecular formula is C39H36O14. The molecule has 14 heteroatoms. The first-order valence-corrected chi connectivity index (χ1v) is 16.6. The number of carbonyl (C=O) groups is 6. The third-order valence-electron chi connectivity index (χ3n) is 7.88. The van der Waals surface area contributed by atoms with Gasteiger partial charge < -0.3 is 37.9 Å². The van der Waals surface area contributed by atoms with Gasteiger partial charge >= 0.3 is 35.8 Å². The highest BCUT2D eigenvalue weighted by Gasteiger charge is 2.51. The van der Waals surface area contributed by atoms with E-state index in [4.69, 9.17) is 37.9 Å². The summed E-state index contributed by atoms with van der Waals surface area (Å²) >= 11 is 0. The molecule has 0 N–H and O–H groups in total. The van der Waals surface area contributed by atoms with Crippen molar-refractivity contribution in [2.75, 3.05) is 26.4 Å². The maximum Gasteiger partial charge on any atom is 0.343 e. The van der Waals surface area contributed by atoms with Gasteiger partial charge in [-0.3, -0.25) is 4.79 Å². The average molecular weight is 729 g/mol. The van der Waals surface area contributed by atoms with E-state index in [1.165, 1.54) is 61.5 Å². The van der Waals surface area contributed by atoms with Crippen molar-refractivity contribution in [1.82, 2.24) is 0 Å². The first kappa shape index (κ1) is 38.1. The lowest BCUT2D eigenvalue weighted by Crippen LogP contribution is -2.36. The lowest BCUT2D eigenvalue weighted by molar-refractivity contribution is -0.140. The third-order valence-corrected chi connectivity index (χ3v) is 7.88. The Morgan fingerprint density at radius 2 is 1.09 bits per heavy atom. The second-order valence-corrected chi connectivity index (χ2v) is 11.7. The van der Waals surface area contributed by atoms with Gasteiger partial charge in [0.1, 0.15) is 23.7 Å². The van der Waals surface area contributed by atoms with Crippen LogP contribution < -0.4 is 9.47 Å². The minimum Gasteiger partial charge on any atom is -0.463 e. The first-order valence-electron chi connectivity index (χ1n) is 16.6. The van der Waals surface area contributed by atoms with Crippen LogP contribution in [0.15, 0.2) is 91.5 Å². The molecule has 53 heavy (non-hydrogen) atoms. The quantitative estimate of drug-likeness (QED) is 0.0705. The molecule has 0 bridgehead atoms. The summed E-state index contributed by atoms with van der Waals surface area (Å²) in [5.74, 6) is -2.91. The lowest BCUT2D eigenvalue weighted by atomic mass is 10.1. The Morgan fingerprint density at radius 3 is 1.58 bits per heavy atom. The van der Waals surface area contributed by atoms with Crippen LogP contribution in [0.2, 0.25) is 0 Å². The van der Waals surface area contributed by atoms with Crippen LogP contribution in [0.3, 0.4) is 0 Å². The highest BCUT2D eigenvalue weighted by molar-refractivity contribution is 5.93. The van der Waals surface area contributed by atoms with Crippen molar-refractivity contribution in [3.63, 3.8) is 0 Å². The van der Waals surface area contributed by atoms with Gasteiger partial charge in [-0.15, -0.1) is 0 Å². The maximum atomic E-state index is 12.9. The van der Waals surface area contributed by atoms with Crippen LogP contribution in [0.5, 0.6) is 11.5 Å². The van der Waals surface area contributed by atoms with Crippen molar-refractivity contribution in [2.45, 2.75) is 44.2 Å². The average Bonchev–Trinajstić information content (AvgIpc) is 3.75. The van der Waals surface area contributed by atoms with Gasteiger partial charge in [-0.1, -0.05) is 18.7 Å². The summed E-state index contributed by atoms with van der Waals surface area (Å²) in [6.45, 7) is 5.06. The van der Waals surface area contributed by atoms with Crippen molar-refractivity contribution >= 4 is 41.9 Å². The fourth-order valence-electron chi connectivity index (χ4n) is 5.24. The van der Waals surface area contributed by atoms with E-state index < -0.39 is 60.2 Å². The van der Waals surface area contributed by atoms with Gasteiger partial charge in [-0.05, 0) is 85.1 Å². The monoisotopic (exact) mass is 728 g/mol. The summed E-state index contributed by atoms with van der Waals surface area (Å²) in [5.41, 5.74) is 1.37. The molecule has 0 aromatic heterocycles. The molecule has 0 radical (unpaired) electrons. The summed E-state index contributed by atoms with van der Waals surface area (Å²) in [4.78, 5) is 72.3. The van der Waals surface area contributed by atoms with Crippen LogP contribution in [0.4, 0.5) is 0 Å². The van der Waals surface area contributed by atoms with E-state index in [0.717, 1.165) is 6.08 Å². The predicted molar refractivity (Wildman–Crippen MR) is 184 cm³/mol. The molecule has 3 aromatic rings. The first-order chi connectivity index (χ1) is 25.6. The van der Waals surface area contributed by atoms with Crippen LogP contribution in [0.1, 0.15) is 56.4 Å². The van der Waals surface area contributed by atoms with Crippen LogP contribution in [0, 0.1) is 0 Å². The molecule has 4 atom stereocenters. The van der Waals surface area contributed by atoms with Crippen LogP contribution in [0.25, 0.3) is 6.08 Å². The molecule has 0 aliphatic carbocycles. The topological polar surface area (TPSA) is 176 Å². The molecule has 5 rings (SSSR count). The molecule has 2 saturated heterocycles. The Hall–Kier alpha value is -6.12. The van der Waals surface area contributed by atoms with E-state index in [2.05, 4.69) is 6.58 Å². The SMILES string of the molecule is C=CC(=O)OCCCCOC(=O)C=Cc1ccc(C(=O)Oc2ccc(C(=O)O[C@@H]3COC4C3OC[C@H]4OC(=O)c3ccc(OC(C)=O)cc3)cc2)cc1. The fraction of sp³-hybridized carbons (Fsp3) is 0.282. The Morgan fingerprint density at radius 1 is 0.642 bits per heavy atom. The third kappa shape index (κ3) is 10.9. The number of ether oxygens (including phenoxy) is 8. The minimum absolute atomic E-state index is 0.0402. The summed E-state index contributed by atoms with van der Waals surface area (Å²) in [6, 6.07) is 18.1. The van der Waals surface area contributed by atoms with E-state index in [1.54, 1.807) is 30.3 Å². The van der Waals surface area contributed by atoms with Crippen molar-refractivity contribution in [1.29, 1.82) is 0 Å². The molecule has 2 fully saturated rings. The number of carbonyl (C=O) groups excluding carboxylic acids is 6. The molecule has 2 unspecified atom stereocenters. The van der Waals surface area contributed by atoms with Gasteiger partial charge in [0.15, 0.2) is 12.2 Å². The van der Waals surface area contributed by atoms with Crippen LogP contribution >= 0.6 is 0 Å². The molecule has 276 valence electrons. The fourth-order valence-corrected chi connectivity index (χ4v) is 5.24. The van der Waals surface area contributed by atoms with Gasteiger partial charge in [-0.2, -0.15) is 0 Å². The highest BCUT2D eigenvalue weighted by Crippen LogP contribution is 2.32. The number of unbranched alkanes of at least 4 members (excludes halogenated alkanes) is 1. The van der Waals surface area contributed by atoms with Gasteiger partial charge in [0.2, 0.25) is 0 Å². The molecule has 2 aliphatic heterocycles. The van der Waals surface area contributed by atoms with Gasteiger partial charge in [0.25, 0.3) is 0 Å². The predicted octanol–water partition coefficient (Wildman–Crippen LogP) is 4.45. The van der Waals surface area contributed by atoms with E-state index in [-0.39, 0.29) is 48.9 Å². The standard InChI is InChI=1S/C39H36O14/c1-3-33(41)46-20-4-5-21-47-34(42)19-8-25-6-9-26(10-7-25)37(43)51-30-17-13-28(14-18-30)39(45)53-32-23-49-35-31(22-48-36(32)35)52-38(44)27-11-15-29(16-12-27)50-24(2)40/h3,6-19,31-32,35-36H,1,4-5,20-23H2,2H3/t31-,32-,35?,36?/m1/s1. The number of rotatable bonds is 15. The van der Waals surface area contributed by atoms with E-state index in [0.29, 0.717) is 24.2 Å². The summed E-state index contributed by atoms with van der Waals surface area (Å²) in [7, 11) is 0. The van der Waals surface area contributed by atoms with Crippen molar-refractivity contribution in [2.24, 2.45) is 0 Å². The summed E-state index contributed by atoms with van der Waals surface area (Å²) in [6.07, 6.45) is 2.22. The lowest BCUT2D eigenvalue weighted by Gasteiger charge is -2.17. The second-order valence-electron chi connectivity index (χ2n) is 11.7. The molecule has 0 spiro atoms. The van der Waals surface area contributed by atoms with Crippen molar-refractivity contribution in [3.8, 4) is 11.5 Å².